The van der Waals surface area contributed by atoms with Gasteiger partial charge in [0.2, 0.25) is 0 Å². The Hall–Kier alpha value is -0.260. The van der Waals surface area contributed by atoms with Gasteiger partial charge in [0.25, 0.3) is 0 Å². The minimum Gasteiger partial charge on any atom is -0.0995 e. The third kappa shape index (κ3) is 1.34. The Labute approximate surface area is 45.2 Å². The van der Waals surface area contributed by atoms with Crippen LogP contribution in [0, 0.1) is 12.8 Å². The zero-order valence-corrected chi connectivity index (χ0v) is 4.48. The summed E-state index contributed by atoms with van der Waals surface area (Å²) in [4.78, 5) is 0. The molecule has 0 nitrogen and oxygen atoms in total. The van der Waals surface area contributed by atoms with Crippen LogP contribution in [0.15, 0.2) is 12.2 Å². The van der Waals surface area contributed by atoms with E-state index in [1.165, 1.54) is 18.4 Å². The van der Waals surface area contributed by atoms with E-state index >= 15 is 0 Å². The van der Waals surface area contributed by atoms with Crippen molar-refractivity contribution in [2.45, 2.75) is 19.3 Å². The molecule has 0 heterocycles. The molecule has 0 aromatic heterocycles. The van der Waals surface area contributed by atoms with E-state index in [0.717, 1.165) is 6.42 Å². The Kier molecular flexibility index (Phi) is 1.50. The first-order valence-corrected chi connectivity index (χ1v) is 2.72. The third-order valence-corrected chi connectivity index (χ3v) is 1.21. The molecule has 0 aliphatic heterocycles. The van der Waals surface area contributed by atoms with Crippen molar-refractivity contribution < 1.29 is 0 Å². The molecule has 1 aliphatic carbocycles. The van der Waals surface area contributed by atoms with Gasteiger partial charge in [0.15, 0.2) is 0 Å². The zero-order valence-electron chi connectivity index (χ0n) is 4.48. The lowest BCUT2D eigenvalue weighted by Gasteiger charge is -2.09. The molecule has 0 saturated heterocycles. The number of rotatable bonds is 0. The van der Waals surface area contributed by atoms with Crippen molar-refractivity contribution >= 4 is 0 Å². The predicted molar refractivity (Wildman–Crippen MR) is 31.6 cm³/mol. The van der Waals surface area contributed by atoms with Gasteiger partial charge in [0, 0.05) is 0 Å². The molecule has 1 fully saturated rings. The van der Waals surface area contributed by atoms with Crippen LogP contribution in [-0.2, 0) is 0 Å². The molecule has 0 amide bonds. The minimum atomic E-state index is 1.11. The molecule has 0 bridgehead atoms. The summed E-state index contributed by atoms with van der Waals surface area (Å²) in [7, 11) is 0. The van der Waals surface area contributed by atoms with Gasteiger partial charge in [-0.15, -0.1) is 0 Å². The lowest BCUT2D eigenvalue weighted by molar-refractivity contribution is 0.818. The summed E-state index contributed by atoms with van der Waals surface area (Å²) in [6.45, 7) is 3.83. The van der Waals surface area contributed by atoms with Crippen LogP contribution in [0.25, 0.3) is 0 Å². The van der Waals surface area contributed by atoms with Crippen molar-refractivity contribution in [1.29, 1.82) is 0 Å². The summed E-state index contributed by atoms with van der Waals surface area (Å²) in [5.74, 6) is 0. The topological polar surface area (TPSA) is 0 Å². The normalized spacial score (nSPS) is 22.6. The van der Waals surface area contributed by atoms with Crippen molar-refractivity contribution in [3.8, 4) is 0 Å². The summed E-state index contributed by atoms with van der Waals surface area (Å²) < 4.78 is 0. The Morgan fingerprint density at radius 3 is 2.57 bits per heavy atom. The van der Waals surface area contributed by atoms with Gasteiger partial charge < -0.3 is 0 Å². The second-order valence-corrected chi connectivity index (χ2v) is 1.93. The molecular weight excluding hydrogens is 84.1 g/mol. The summed E-state index contributed by atoms with van der Waals surface area (Å²) in [6, 6.07) is 0. The van der Waals surface area contributed by atoms with Crippen molar-refractivity contribution in [2.75, 3.05) is 0 Å². The number of hydrogen-bond acceptors (Lipinski definition) is 0. The van der Waals surface area contributed by atoms with Crippen molar-refractivity contribution in [2.24, 2.45) is 0 Å². The molecule has 0 N–H and O–H groups in total. The molecule has 38 valence electrons. The lowest BCUT2D eigenvalue weighted by Crippen LogP contribution is -1.92. The molecule has 7 heavy (non-hydrogen) atoms. The second-order valence-electron chi connectivity index (χ2n) is 1.93. The fourth-order valence-corrected chi connectivity index (χ4v) is 0.776. The van der Waals surface area contributed by atoms with Crippen molar-refractivity contribution in [3.05, 3.63) is 25.0 Å². The standard InChI is InChI=1S/C7H10/c1-7-5-3-2-4-6-7/h3,6H,1-2,4-5H2. The monoisotopic (exact) mass is 94.1 g/mol. The van der Waals surface area contributed by atoms with Crippen LogP contribution < -0.4 is 0 Å². The van der Waals surface area contributed by atoms with E-state index in [0.29, 0.717) is 0 Å². The summed E-state index contributed by atoms with van der Waals surface area (Å²) in [5.41, 5.74) is 1.28. The molecule has 1 rings (SSSR count). The quantitative estimate of drug-likeness (QED) is 0.431. The van der Waals surface area contributed by atoms with E-state index in [-0.39, 0.29) is 0 Å². The van der Waals surface area contributed by atoms with Gasteiger partial charge in [-0.3, -0.25) is 0 Å². The maximum absolute atomic E-state index is 3.83. The SMILES string of the molecule is C=C1[CH]CC[CH]C1. The van der Waals surface area contributed by atoms with Gasteiger partial charge in [-0.1, -0.05) is 12.2 Å². The highest BCUT2D eigenvalue weighted by atomic mass is 14.1. The van der Waals surface area contributed by atoms with Crippen molar-refractivity contribution in [1.82, 2.24) is 0 Å². The molecule has 0 unspecified atom stereocenters. The Morgan fingerprint density at radius 2 is 2.29 bits per heavy atom. The van der Waals surface area contributed by atoms with E-state index in [1.54, 1.807) is 0 Å². The molecule has 0 spiro atoms. The molecule has 1 aliphatic rings. The van der Waals surface area contributed by atoms with Crippen LogP contribution in [-0.4, -0.2) is 0 Å². The summed E-state index contributed by atoms with van der Waals surface area (Å²) in [6.07, 6.45) is 8.06. The smallest absolute Gasteiger partial charge is 0.0140 e. The van der Waals surface area contributed by atoms with E-state index in [1.807, 2.05) is 0 Å². The summed E-state index contributed by atoms with van der Waals surface area (Å²) >= 11 is 0. The number of hydrogen-bond donors (Lipinski definition) is 0. The highest BCUT2D eigenvalue weighted by Gasteiger charge is 2.01. The maximum Gasteiger partial charge on any atom is -0.0140 e. The van der Waals surface area contributed by atoms with Gasteiger partial charge in [-0.25, -0.2) is 0 Å². The van der Waals surface area contributed by atoms with Crippen LogP contribution in [0.5, 0.6) is 0 Å². The second kappa shape index (κ2) is 2.15. The van der Waals surface area contributed by atoms with E-state index in [9.17, 15) is 0 Å². The lowest BCUT2D eigenvalue weighted by atomic mass is 9.97. The Balaban J connectivity index is 2.25. The predicted octanol–water partition coefficient (Wildman–Crippen LogP) is 2.14. The largest absolute Gasteiger partial charge is 0.0995 e. The molecule has 0 heteroatoms. The maximum atomic E-state index is 3.83. The number of allylic oxidation sites excluding steroid dienone is 1. The van der Waals surface area contributed by atoms with Crippen molar-refractivity contribution in [3.63, 3.8) is 0 Å². The van der Waals surface area contributed by atoms with Gasteiger partial charge in [0.1, 0.15) is 0 Å². The molecule has 2 radical (unpaired) electrons. The van der Waals surface area contributed by atoms with Crippen LogP contribution in [0.4, 0.5) is 0 Å². The van der Waals surface area contributed by atoms with Crippen LogP contribution >= 0.6 is 0 Å². The fraction of sp³-hybridized carbons (Fsp3) is 0.429. The van der Waals surface area contributed by atoms with Gasteiger partial charge in [0.05, 0.1) is 0 Å². The first kappa shape index (κ1) is 4.89. The van der Waals surface area contributed by atoms with Crippen LogP contribution in [0.1, 0.15) is 19.3 Å². The van der Waals surface area contributed by atoms with E-state index < -0.39 is 0 Å². The molecule has 1 saturated carbocycles. The van der Waals surface area contributed by atoms with Crippen LogP contribution in [0.2, 0.25) is 0 Å². The molecular formula is C7H10. The zero-order chi connectivity index (χ0) is 5.11. The molecule has 0 aromatic carbocycles. The average Bonchev–Trinajstić information content (AvgIpc) is 1.69. The van der Waals surface area contributed by atoms with Crippen LogP contribution in [0.3, 0.4) is 0 Å². The van der Waals surface area contributed by atoms with E-state index in [2.05, 4.69) is 19.4 Å². The van der Waals surface area contributed by atoms with E-state index in [4.69, 9.17) is 0 Å². The Morgan fingerprint density at radius 1 is 1.43 bits per heavy atom. The van der Waals surface area contributed by atoms with Gasteiger partial charge >= 0.3 is 0 Å². The van der Waals surface area contributed by atoms with Gasteiger partial charge in [-0.2, -0.15) is 0 Å². The Bertz CT molecular complexity index is 64.1. The minimum absolute atomic E-state index is 1.11. The summed E-state index contributed by atoms with van der Waals surface area (Å²) in [5, 5.41) is 0. The average molecular weight is 94.2 g/mol. The third-order valence-electron chi connectivity index (χ3n) is 1.21. The fourth-order valence-electron chi connectivity index (χ4n) is 0.776. The highest BCUT2D eigenvalue weighted by Crippen LogP contribution is 2.18. The first-order chi connectivity index (χ1) is 3.39. The molecule has 0 atom stereocenters. The van der Waals surface area contributed by atoms with Gasteiger partial charge in [-0.05, 0) is 32.1 Å². The first-order valence-electron chi connectivity index (χ1n) is 2.72. The molecule has 0 aromatic rings. The highest BCUT2D eigenvalue weighted by molar-refractivity contribution is 5.13.